The summed E-state index contributed by atoms with van der Waals surface area (Å²) in [5, 5.41) is 22.4. The van der Waals surface area contributed by atoms with Crippen molar-refractivity contribution in [2.24, 2.45) is 0 Å². The van der Waals surface area contributed by atoms with Gasteiger partial charge in [0.05, 0.1) is 0 Å². The van der Waals surface area contributed by atoms with Gasteiger partial charge >= 0.3 is 17.1 Å². The van der Waals surface area contributed by atoms with Gasteiger partial charge in [-0.3, -0.25) is 14.6 Å². The van der Waals surface area contributed by atoms with Crippen LogP contribution in [0, 0.1) is 6.92 Å². The zero-order valence-corrected chi connectivity index (χ0v) is 19.1. The van der Waals surface area contributed by atoms with Crippen LogP contribution in [-0.2, 0) is 26.7 Å². The fourth-order valence-corrected chi connectivity index (χ4v) is 2.17. The van der Waals surface area contributed by atoms with E-state index in [1.165, 1.54) is 19.4 Å². The third-order valence-electron chi connectivity index (χ3n) is 3.63. The smallest absolute Gasteiger partial charge is 0.872 e. The van der Waals surface area contributed by atoms with Crippen LogP contribution >= 0.6 is 0 Å². The Morgan fingerprint density at radius 1 is 0.688 bits per heavy atom. The molecule has 0 aliphatic carbocycles. The zero-order valence-electron chi connectivity index (χ0n) is 18.1. The van der Waals surface area contributed by atoms with Gasteiger partial charge < -0.3 is 10.2 Å². The number of nitrogens with zero attached hydrogens (tertiary/aromatic N) is 1. The standard InChI is InChI=1S/2C10H10O2.C6H7N.Cu/c2*1-8(11)7-10(12)9-5-3-2-4-6-9;1-6-2-4-7-5-3-6;/h2*2-7,12H,1H3;2-5H,1H3;/q;;;+2/p-2/b2*10-7-;;. The predicted molar refractivity (Wildman–Crippen MR) is 119 cm³/mol. The van der Waals surface area contributed by atoms with Crippen LogP contribution in [0.3, 0.4) is 0 Å². The summed E-state index contributed by atoms with van der Waals surface area (Å²) in [7, 11) is 0. The molecule has 0 unspecified atom stereocenters. The van der Waals surface area contributed by atoms with E-state index in [2.05, 4.69) is 4.98 Å². The molecule has 3 rings (SSSR count). The monoisotopic (exact) mass is 478 g/mol. The molecule has 0 bridgehead atoms. The molecule has 0 fully saturated rings. The van der Waals surface area contributed by atoms with Gasteiger partial charge in [-0.2, -0.15) is 0 Å². The number of allylic oxidation sites excluding steroid dienone is 2. The minimum absolute atomic E-state index is 0. The zero-order chi connectivity index (χ0) is 23.1. The minimum Gasteiger partial charge on any atom is -0.872 e. The van der Waals surface area contributed by atoms with Crippen molar-refractivity contribution in [3.8, 4) is 0 Å². The average Bonchev–Trinajstić information content (AvgIpc) is 2.75. The Morgan fingerprint density at radius 3 is 1.28 bits per heavy atom. The van der Waals surface area contributed by atoms with Crippen LogP contribution in [-0.4, -0.2) is 16.6 Å². The van der Waals surface area contributed by atoms with Gasteiger partial charge in [0.15, 0.2) is 11.6 Å². The molecular formula is C26H25CuNO4. The SMILES string of the molecule is CC(=O)/C=C(\[O-])c1ccccc1.CC(=O)/C=C(\[O-])c1ccccc1.Cc1ccncc1.[Cu+2]. The van der Waals surface area contributed by atoms with E-state index in [1.807, 2.05) is 31.2 Å². The number of carbonyl (C=O) groups is 2. The first-order valence-corrected chi connectivity index (χ1v) is 9.55. The fourth-order valence-electron chi connectivity index (χ4n) is 2.17. The van der Waals surface area contributed by atoms with E-state index in [4.69, 9.17) is 0 Å². The van der Waals surface area contributed by atoms with Gasteiger partial charge in [0.1, 0.15) is 0 Å². The average molecular weight is 479 g/mol. The van der Waals surface area contributed by atoms with Crippen molar-refractivity contribution in [3.05, 3.63) is 114 Å². The van der Waals surface area contributed by atoms with E-state index in [-0.39, 0.29) is 40.2 Å². The fraction of sp³-hybridized carbons (Fsp3) is 0.115. The summed E-state index contributed by atoms with van der Waals surface area (Å²) in [5.74, 6) is -0.904. The Hall–Kier alpha value is -3.47. The molecule has 0 spiro atoms. The first-order chi connectivity index (χ1) is 14.8. The molecule has 32 heavy (non-hydrogen) atoms. The topological polar surface area (TPSA) is 93.1 Å². The molecule has 1 radical (unpaired) electrons. The number of benzene rings is 2. The number of aryl methyl sites for hydroxylation is 1. The van der Waals surface area contributed by atoms with E-state index in [0.29, 0.717) is 11.1 Å². The van der Waals surface area contributed by atoms with Crippen LogP contribution in [0.2, 0.25) is 0 Å². The van der Waals surface area contributed by atoms with Crippen molar-refractivity contribution in [1.29, 1.82) is 0 Å². The Morgan fingerprint density at radius 2 is 1.03 bits per heavy atom. The molecule has 3 aromatic rings. The van der Waals surface area contributed by atoms with Crippen molar-refractivity contribution >= 4 is 23.1 Å². The van der Waals surface area contributed by atoms with Crippen LogP contribution in [0.5, 0.6) is 0 Å². The maximum Gasteiger partial charge on any atom is 2.00 e. The summed E-state index contributed by atoms with van der Waals surface area (Å²) >= 11 is 0. The van der Waals surface area contributed by atoms with Crippen LogP contribution in [0.4, 0.5) is 0 Å². The van der Waals surface area contributed by atoms with Gasteiger partial charge in [-0.15, -0.1) is 0 Å². The van der Waals surface area contributed by atoms with Crippen LogP contribution < -0.4 is 10.2 Å². The molecule has 1 heterocycles. The number of hydrogen-bond donors (Lipinski definition) is 0. The quantitative estimate of drug-likeness (QED) is 0.325. The number of ketones is 2. The Bertz CT molecular complexity index is 936. The molecule has 5 nitrogen and oxygen atoms in total. The summed E-state index contributed by atoms with van der Waals surface area (Å²) in [5.41, 5.74) is 2.36. The molecule has 0 atom stereocenters. The first-order valence-electron chi connectivity index (χ1n) is 9.55. The van der Waals surface area contributed by atoms with Crippen molar-refractivity contribution in [1.82, 2.24) is 4.98 Å². The molecule has 0 N–H and O–H groups in total. The molecule has 0 saturated heterocycles. The second-order valence-corrected chi connectivity index (χ2v) is 6.50. The van der Waals surface area contributed by atoms with Crippen LogP contribution in [0.25, 0.3) is 11.5 Å². The van der Waals surface area contributed by atoms with E-state index in [9.17, 15) is 19.8 Å². The third-order valence-corrected chi connectivity index (χ3v) is 3.63. The van der Waals surface area contributed by atoms with E-state index in [1.54, 1.807) is 60.9 Å². The summed E-state index contributed by atoms with van der Waals surface area (Å²) in [6, 6.07) is 21.4. The summed E-state index contributed by atoms with van der Waals surface area (Å²) in [4.78, 5) is 24.9. The van der Waals surface area contributed by atoms with E-state index in [0.717, 1.165) is 12.2 Å². The Balaban J connectivity index is 0.000000459. The molecule has 1 aromatic heterocycles. The molecular weight excluding hydrogens is 454 g/mol. The van der Waals surface area contributed by atoms with Crippen molar-refractivity contribution < 1.29 is 36.9 Å². The number of aromatic nitrogens is 1. The summed E-state index contributed by atoms with van der Waals surface area (Å²) in [6.45, 7) is 4.77. The van der Waals surface area contributed by atoms with Gasteiger partial charge in [-0.05, 0) is 61.7 Å². The number of rotatable bonds is 4. The number of pyridine rings is 1. The van der Waals surface area contributed by atoms with Crippen LogP contribution in [0.1, 0.15) is 30.5 Å². The molecule has 0 aliphatic heterocycles. The molecule has 2 aromatic carbocycles. The van der Waals surface area contributed by atoms with Crippen LogP contribution in [0.15, 0.2) is 97.3 Å². The molecule has 0 amide bonds. The first kappa shape index (κ1) is 28.5. The van der Waals surface area contributed by atoms with Crippen molar-refractivity contribution in [2.45, 2.75) is 20.8 Å². The Kier molecular flexibility index (Phi) is 14.5. The van der Waals surface area contributed by atoms with Gasteiger partial charge in [0.2, 0.25) is 0 Å². The predicted octanol–water partition coefficient (Wildman–Crippen LogP) is 3.34. The normalized spacial score (nSPS) is 10.3. The molecule has 169 valence electrons. The van der Waals surface area contributed by atoms with E-state index < -0.39 is 0 Å². The molecule has 0 aliphatic rings. The minimum atomic E-state index is -0.233. The third kappa shape index (κ3) is 13.0. The van der Waals surface area contributed by atoms with Crippen molar-refractivity contribution in [3.63, 3.8) is 0 Å². The molecule has 0 saturated carbocycles. The van der Waals surface area contributed by atoms with Gasteiger partial charge in [-0.25, -0.2) is 0 Å². The maximum absolute atomic E-state index is 11.2. The number of hydrogen-bond acceptors (Lipinski definition) is 5. The van der Waals surface area contributed by atoms with E-state index >= 15 is 0 Å². The van der Waals surface area contributed by atoms with Crippen molar-refractivity contribution in [2.75, 3.05) is 0 Å². The van der Waals surface area contributed by atoms with Gasteiger partial charge in [0.25, 0.3) is 0 Å². The summed E-state index contributed by atoms with van der Waals surface area (Å²) in [6.07, 6.45) is 5.76. The maximum atomic E-state index is 11.2. The second kappa shape index (κ2) is 16.3. The second-order valence-electron chi connectivity index (χ2n) is 6.50. The Labute approximate surface area is 199 Å². The number of carbonyl (C=O) groups excluding carboxylic acids is 2. The summed E-state index contributed by atoms with van der Waals surface area (Å²) < 4.78 is 0. The van der Waals surface area contributed by atoms with Gasteiger partial charge in [-0.1, -0.05) is 72.2 Å². The van der Waals surface area contributed by atoms with Gasteiger partial charge in [0, 0.05) is 12.4 Å². The molecule has 6 heteroatoms. The largest absolute Gasteiger partial charge is 2.00 e.